The summed E-state index contributed by atoms with van der Waals surface area (Å²) in [5.74, 6) is 1.76. The summed E-state index contributed by atoms with van der Waals surface area (Å²) in [5, 5.41) is 3.55. The van der Waals surface area contributed by atoms with E-state index in [9.17, 15) is 0 Å². The van der Waals surface area contributed by atoms with Crippen LogP contribution in [0.5, 0.6) is 0 Å². The highest BCUT2D eigenvalue weighted by Gasteiger charge is 2.24. The normalized spacial score (nSPS) is 37.0. The quantitative estimate of drug-likeness (QED) is 0.588. The Hall–Kier alpha value is -0.0400. The molecule has 1 aliphatic rings. The first-order chi connectivity index (χ1) is 5.49. The van der Waals surface area contributed by atoms with Crippen LogP contribution in [0.1, 0.15) is 40.5 Å². The van der Waals surface area contributed by atoms with E-state index in [0.717, 1.165) is 11.8 Å². The van der Waals surface area contributed by atoms with E-state index in [4.69, 9.17) is 0 Å². The van der Waals surface area contributed by atoms with E-state index in [1.54, 1.807) is 0 Å². The van der Waals surface area contributed by atoms with Crippen molar-refractivity contribution in [3.8, 4) is 0 Å². The summed E-state index contributed by atoms with van der Waals surface area (Å²) < 4.78 is 0. The maximum absolute atomic E-state index is 3.55. The molecule has 0 bridgehead atoms. The fourth-order valence-corrected chi connectivity index (χ4v) is 2.53. The van der Waals surface area contributed by atoms with Gasteiger partial charge in [0.05, 0.1) is 0 Å². The first-order valence-corrected chi connectivity index (χ1v) is 5.20. The molecule has 1 heteroatoms. The first kappa shape index (κ1) is 10.0. The molecule has 1 nitrogen and oxygen atoms in total. The molecule has 0 saturated carbocycles. The lowest BCUT2D eigenvalue weighted by atomic mass is 9.79. The van der Waals surface area contributed by atoms with Gasteiger partial charge in [0.25, 0.3) is 0 Å². The minimum atomic E-state index is 0.500. The van der Waals surface area contributed by atoms with Gasteiger partial charge in [-0.05, 0) is 36.6 Å². The summed E-state index contributed by atoms with van der Waals surface area (Å²) in [7, 11) is 0. The van der Waals surface area contributed by atoms with Gasteiger partial charge in [-0.25, -0.2) is 0 Å². The van der Waals surface area contributed by atoms with Gasteiger partial charge in [0.15, 0.2) is 0 Å². The molecule has 0 spiro atoms. The molecule has 0 amide bonds. The minimum absolute atomic E-state index is 0.500. The molecule has 0 aromatic rings. The second kappa shape index (κ2) is 3.78. The van der Waals surface area contributed by atoms with Crippen molar-refractivity contribution in [1.82, 2.24) is 5.32 Å². The van der Waals surface area contributed by atoms with Crippen LogP contribution in [0.2, 0.25) is 0 Å². The van der Waals surface area contributed by atoms with Gasteiger partial charge < -0.3 is 5.32 Å². The summed E-state index contributed by atoms with van der Waals surface area (Å²) in [5.41, 5.74) is 0.500. The highest BCUT2D eigenvalue weighted by Crippen LogP contribution is 2.29. The standard InChI is InChI=1S/C11H23N/c1-9-5-10(2)7-12-8-11(3,4)6-9/h9-10,12H,5-8H2,1-4H3. The van der Waals surface area contributed by atoms with E-state index in [2.05, 4.69) is 33.0 Å². The summed E-state index contributed by atoms with van der Waals surface area (Å²) in [4.78, 5) is 0. The molecule has 72 valence electrons. The zero-order valence-electron chi connectivity index (χ0n) is 8.98. The molecule has 1 N–H and O–H groups in total. The van der Waals surface area contributed by atoms with Gasteiger partial charge in [0.2, 0.25) is 0 Å². The number of hydrogen-bond acceptors (Lipinski definition) is 1. The van der Waals surface area contributed by atoms with Crippen LogP contribution < -0.4 is 5.32 Å². The third kappa shape index (κ3) is 3.14. The van der Waals surface area contributed by atoms with Crippen molar-refractivity contribution in [3.63, 3.8) is 0 Å². The van der Waals surface area contributed by atoms with E-state index in [1.807, 2.05) is 0 Å². The average Bonchev–Trinajstić information content (AvgIpc) is 1.81. The first-order valence-electron chi connectivity index (χ1n) is 5.20. The van der Waals surface area contributed by atoms with Crippen molar-refractivity contribution in [2.75, 3.05) is 13.1 Å². The predicted molar refractivity (Wildman–Crippen MR) is 54.2 cm³/mol. The van der Waals surface area contributed by atoms with E-state index in [0.29, 0.717) is 5.41 Å². The van der Waals surface area contributed by atoms with Gasteiger partial charge in [-0.2, -0.15) is 0 Å². The molecule has 0 radical (unpaired) electrons. The molecule has 0 aliphatic carbocycles. The predicted octanol–water partition coefficient (Wildman–Crippen LogP) is 2.67. The molecule has 1 heterocycles. The molecule has 2 unspecified atom stereocenters. The molecule has 12 heavy (non-hydrogen) atoms. The van der Waals surface area contributed by atoms with Crippen LogP contribution in [0.3, 0.4) is 0 Å². The third-order valence-electron chi connectivity index (χ3n) is 2.80. The SMILES string of the molecule is CC1CNCC(C)(C)CC(C)C1. The maximum atomic E-state index is 3.55. The lowest BCUT2D eigenvalue weighted by Gasteiger charge is -2.33. The van der Waals surface area contributed by atoms with E-state index in [1.165, 1.54) is 25.9 Å². The summed E-state index contributed by atoms with van der Waals surface area (Å²) in [6.45, 7) is 11.9. The van der Waals surface area contributed by atoms with Crippen LogP contribution in [0.15, 0.2) is 0 Å². The summed E-state index contributed by atoms with van der Waals surface area (Å²) in [6, 6.07) is 0. The van der Waals surface area contributed by atoms with Gasteiger partial charge in [-0.15, -0.1) is 0 Å². The molecule has 1 saturated heterocycles. The largest absolute Gasteiger partial charge is 0.316 e. The molecular weight excluding hydrogens is 146 g/mol. The number of nitrogens with one attached hydrogen (secondary N) is 1. The number of rotatable bonds is 0. The van der Waals surface area contributed by atoms with Gasteiger partial charge >= 0.3 is 0 Å². The lowest BCUT2D eigenvalue weighted by Crippen LogP contribution is -2.36. The Morgan fingerprint density at radius 3 is 2.50 bits per heavy atom. The van der Waals surface area contributed by atoms with Crippen molar-refractivity contribution >= 4 is 0 Å². The van der Waals surface area contributed by atoms with Crippen LogP contribution >= 0.6 is 0 Å². The lowest BCUT2D eigenvalue weighted by molar-refractivity contribution is 0.210. The second-order valence-electron chi connectivity index (χ2n) is 5.45. The Morgan fingerprint density at radius 2 is 1.83 bits per heavy atom. The minimum Gasteiger partial charge on any atom is -0.316 e. The van der Waals surface area contributed by atoms with Crippen LogP contribution in [-0.4, -0.2) is 13.1 Å². The van der Waals surface area contributed by atoms with Crippen LogP contribution in [0.4, 0.5) is 0 Å². The van der Waals surface area contributed by atoms with Crippen molar-refractivity contribution in [3.05, 3.63) is 0 Å². The Labute approximate surface area is 76.9 Å². The van der Waals surface area contributed by atoms with Crippen LogP contribution in [0, 0.1) is 17.3 Å². The highest BCUT2D eigenvalue weighted by molar-refractivity contribution is 4.78. The highest BCUT2D eigenvalue weighted by atomic mass is 14.9. The van der Waals surface area contributed by atoms with E-state index in [-0.39, 0.29) is 0 Å². The van der Waals surface area contributed by atoms with Gasteiger partial charge in [-0.1, -0.05) is 27.7 Å². The van der Waals surface area contributed by atoms with Crippen molar-refractivity contribution < 1.29 is 0 Å². The Bertz CT molecular complexity index is 140. The van der Waals surface area contributed by atoms with E-state index < -0.39 is 0 Å². The van der Waals surface area contributed by atoms with Crippen molar-refractivity contribution in [2.45, 2.75) is 40.5 Å². The molecule has 2 atom stereocenters. The van der Waals surface area contributed by atoms with Gasteiger partial charge in [0.1, 0.15) is 0 Å². The Kier molecular flexibility index (Phi) is 3.16. The molecule has 1 fully saturated rings. The average molecular weight is 169 g/mol. The van der Waals surface area contributed by atoms with Gasteiger partial charge in [0, 0.05) is 6.54 Å². The molecule has 0 aromatic carbocycles. The Morgan fingerprint density at radius 1 is 1.17 bits per heavy atom. The Balaban J connectivity index is 2.48. The van der Waals surface area contributed by atoms with E-state index >= 15 is 0 Å². The second-order valence-corrected chi connectivity index (χ2v) is 5.45. The summed E-state index contributed by atoms with van der Waals surface area (Å²) >= 11 is 0. The molecule has 1 rings (SSSR count). The zero-order valence-corrected chi connectivity index (χ0v) is 8.98. The summed E-state index contributed by atoms with van der Waals surface area (Å²) in [6.07, 6.45) is 2.75. The maximum Gasteiger partial charge on any atom is 0.000273 e. The third-order valence-corrected chi connectivity index (χ3v) is 2.80. The van der Waals surface area contributed by atoms with Crippen molar-refractivity contribution in [1.29, 1.82) is 0 Å². The van der Waals surface area contributed by atoms with Crippen molar-refractivity contribution in [2.24, 2.45) is 17.3 Å². The number of hydrogen-bond donors (Lipinski definition) is 1. The monoisotopic (exact) mass is 169 g/mol. The van der Waals surface area contributed by atoms with Crippen LogP contribution in [0.25, 0.3) is 0 Å². The fraction of sp³-hybridized carbons (Fsp3) is 1.00. The smallest absolute Gasteiger partial charge is 0.000273 e. The van der Waals surface area contributed by atoms with Gasteiger partial charge in [-0.3, -0.25) is 0 Å². The zero-order chi connectivity index (χ0) is 9.19. The molecule has 0 aromatic heterocycles. The molecular formula is C11H23N. The molecule has 1 aliphatic heterocycles. The van der Waals surface area contributed by atoms with Crippen LogP contribution in [-0.2, 0) is 0 Å². The topological polar surface area (TPSA) is 12.0 Å². The fourth-order valence-electron chi connectivity index (χ4n) is 2.53.